The van der Waals surface area contributed by atoms with Crippen LogP contribution in [0.4, 0.5) is 0 Å². The summed E-state index contributed by atoms with van der Waals surface area (Å²) in [5.41, 5.74) is 2.31. The number of benzene rings is 2. The fourth-order valence-electron chi connectivity index (χ4n) is 2.31. The van der Waals surface area contributed by atoms with E-state index in [9.17, 15) is 9.59 Å². The highest BCUT2D eigenvalue weighted by Gasteiger charge is 2.27. The Kier molecular flexibility index (Phi) is 6.43. The van der Waals surface area contributed by atoms with Gasteiger partial charge in [-0.1, -0.05) is 67.6 Å². The third-order valence-corrected chi connectivity index (χ3v) is 3.52. The number of ketones is 1. The maximum atomic E-state index is 12.2. The number of hydrogen-bond donors (Lipinski definition) is 0. The standard InChI is InChI=1S/C20H21NO3/c1-3-17(22)19(20(23)24-4-2)21-18(15-11-7-5-8-12-15)16-13-9-6-10-14-16/h5-14,19H,3-4H2,1-2H3. The molecule has 124 valence electrons. The van der Waals surface area contributed by atoms with Gasteiger partial charge in [0, 0.05) is 17.5 Å². The van der Waals surface area contributed by atoms with Crippen LogP contribution in [0.3, 0.4) is 0 Å². The Bertz CT molecular complexity index is 667. The lowest BCUT2D eigenvalue weighted by molar-refractivity contribution is -0.147. The molecule has 0 aliphatic heterocycles. The Labute approximate surface area is 142 Å². The van der Waals surface area contributed by atoms with Gasteiger partial charge in [0.15, 0.2) is 5.78 Å². The van der Waals surface area contributed by atoms with E-state index in [4.69, 9.17) is 4.74 Å². The summed E-state index contributed by atoms with van der Waals surface area (Å²) in [4.78, 5) is 28.9. The molecule has 2 aromatic rings. The second-order valence-corrected chi connectivity index (χ2v) is 5.18. The van der Waals surface area contributed by atoms with Crippen molar-refractivity contribution >= 4 is 17.5 Å². The molecule has 0 heterocycles. The van der Waals surface area contributed by atoms with E-state index in [0.29, 0.717) is 5.71 Å². The van der Waals surface area contributed by atoms with Gasteiger partial charge < -0.3 is 4.74 Å². The van der Waals surface area contributed by atoms with Crippen molar-refractivity contribution in [2.75, 3.05) is 6.61 Å². The van der Waals surface area contributed by atoms with Crippen molar-refractivity contribution in [3.8, 4) is 0 Å². The number of aliphatic imine (C=N–C) groups is 1. The molecule has 0 N–H and O–H groups in total. The molecule has 0 fully saturated rings. The minimum atomic E-state index is -1.13. The lowest BCUT2D eigenvalue weighted by Gasteiger charge is -2.13. The van der Waals surface area contributed by atoms with Crippen LogP contribution in [0.5, 0.6) is 0 Å². The summed E-state index contributed by atoms with van der Waals surface area (Å²) in [7, 11) is 0. The number of esters is 1. The van der Waals surface area contributed by atoms with Gasteiger partial charge in [-0.2, -0.15) is 0 Å². The van der Waals surface area contributed by atoms with Crippen LogP contribution >= 0.6 is 0 Å². The lowest BCUT2D eigenvalue weighted by atomic mass is 10.0. The van der Waals surface area contributed by atoms with Crippen molar-refractivity contribution in [3.05, 3.63) is 71.8 Å². The molecule has 24 heavy (non-hydrogen) atoms. The summed E-state index contributed by atoms with van der Waals surface area (Å²) in [6.07, 6.45) is 0.226. The second kappa shape index (κ2) is 8.77. The topological polar surface area (TPSA) is 55.7 Å². The molecule has 0 radical (unpaired) electrons. The molecule has 0 saturated carbocycles. The Morgan fingerprint density at radius 3 is 1.83 bits per heavy atom. The molecular formula is C20H21NO3. The van der Waals surface area contributed by atoms with Gasteiger partial charge in [-0.05, 0) is 6.92 Å². The maximum absolute atomic E-state index is 12.2. The average Bonchev–Trinajstić information content (AvgIpc) is 2.63. The molecule has 2 aromatic carbocycles. The SMILES string of the molecule is CCOC(=O)C(N=C(c1ccccc1)c1ccccc1)C(=O)CC. The van der Waals surface area contributed by atoms with Crippen molar-refractivity contribution in [3.63, 3.8) is 0 Å². The lowest BCUT2D eigenvalue weighted by Crippen LogP contribution is -2.31. The van der Waals surface area contributed by atoms with E-state index in [2.05, 4.69) is 4.99 Å². The van der Waals surface area contributed by atoms with Gasteiger partial charge in [0.25, 0.3) is 0 Å². The van der Waals surface area contributed by atoms with Crippen LogP contribution in [0.2, 0.25) is 0 Å². The molecule has 4 nitrogen and oxygen atoms in total. The van der Waals surface area contributed by atoms with Gasteiger partial charge in [0.05, 0.1) is 12.3 Å². The minimum Gasteiger partial charge on any atom is -0.464 e. The highest BCUT2D eigenvalue weighted by Crippen LogP contribution is 2.14. The van der Waals surface area contributed by atoms with Crippen LogP contribution in [0.25, 0.3) is 0 Å². The first kappa shape index (κ1) is 17.6. The molecule has 0 aliphatic rings. The van der Waals surface area contributed by atoms with Gasteiger partial charge in [0.1, 0.15) is 0 Å². The van der Waals surface area contributed by atoms with Crippen LogP contribution in [0, 0.1) is 0 Å². The second-order valence-electron chi connectivity index (χ2n) is 5.18. The van der Waals surface area contributed by atoms with Gasteiger partial charge >= 0.3 is 5.97 Å². The fourth-order valence-corrected chi connectivity index (χ4v) is 2.31. The zero-order valence-electron chi connectivity index (χ0n) is 13.9. The van der Waals surface area contributed by atoms with Gasteiger partial charge in [-0.3, -0.25) is 9.79 Å². The number of hydrogen-bond acceptors (Lipinski definition) is 4. The summed E-state index contributed by atoms with van der Waals surface area (Å²) in [5.74, 6) is -0.855. The van der Waals surface area contributed by atoms with Crippen LogP contribution < -0.4 is 0 Å². The minimum absolute atomic E-state index is 0.216. The first-order valence-electron chi connectivity index (χ1n) is 8.05. The first-order chi connectivity index (χ1) is 11.7. The summed E-state index contributed by atoms with van der Waals surface area (Å²) in [5, 5.41) is 0. The van der Waals surface area contributed by atoms with Crippen LogP contribution in [-0.4, -0.2) is 30.1 Å². The molecule has 0 aromatic heterocycles. The van der Waals surface area contributed by atoms with Crippen molar-refractivity contribution in [1.82, 2.24) is 0 Å². The Morgan fingerprint density at radius 1 is 0.917 bits per heavy atom. The zero-order chi connectivity index (χ0) is 17.4. The molecular weight excluding hydrogens is 302 g/mol. The van der Waals surface area contributed by atoms with Crippen molar-refractivity contribution in [2.24, 2.45) is 4.99 Å². The number of ether oxygens (including phenoxy) is 1. The Balaban J connectivity index is 2.53. The largest absolute Gasteiger partial charge is 0.464 e. The highest BCUT2D eigenvalue weighted by molar-refractivity contribution is 6.15. The Hall–Kier alpha value is -2.75. The van der Waals surface area contributed by atoms with Crippen LogP contribution in [-0.2, 0) is 14.3 Å². The summed E-state index contributed by atoms with van der Waals surface area (Å²) in [6.45, 7) is 3.65. The van der Waals surface area contributed by atoms with E-state index in [1.807, 2.05) is 60.7 Å². The summed E-state index contributed by atoms with van der Waals surface area (Å²) in [6, 6.07) is 17.9. The number of carbonyl (C=O) groups is 2. The van der Waals surface area contributed by atoms with Crippen molar-refractivity contribution < 1.29 is 14.3 Å². The number of Topliss-reactive ketones (excluding diaryl/α,β-unsaturated/α-hetero) is 1. The molecule has 1 atom stereocenters. The van der Waals surface area contributed by atoms with Gasteiger partial charge in [0.2, 0.25) is 6.04 Å². The van der Waals surface area contributed by atoms with E-state index in [0.717, 1.165) is 11.1 Å². The number of carbonyl (C=O) groups excluding carboxylic acids is 2. The van der Waals surface area contributed by atoms with E-state index in [-0.39, 0.29) is 18.8 Å². The maximum Gasteiger partial charge on any atom is 0.338 e. The molecule has 2 rings (SSSR count). The van der Waals surface area contributed by atoms with E-state index < -0.39 is 12.0 Å². The fraction of sp³-hybridized carbons (Fsp3) is 0.250. The van der Waals surface area contributed by atoms with E-state index >= 15 is 0 Å². The summed E-state index contributed by atoms with van der Waals surface area (Å²) < 4.78 is 5.03. The van der Waals surface area contributed by atoms with Crippen LogP contribution in [0.15, 0.2) is 65.7 Å². The van der Waals surface area contributed by atoms with Crippen molar-refractivity contribution in [2.45, 2.75) is 26.3 Å². The predicted molar refractivity (Wildman–Crippen MR) is 94.2 cm³/mol. The Morgan fingerprint density at radius 2 is 1.42 bits per heavy atom. The third kappa shape index (κ3) is 4.38. The molecule has 0 spiro atoms. The van der Waals surface area contributed by atoms with Gasteiger partial charge in [-0.25, -0.2) is 4.79 Å². The first-order valence-corrected chi connectivity index (χ1v) is 8.05. The summed E-state index contributed by atoms with van der Waals surface area (Å²) >= 11 is 0. The quantitative estimate of drug-likeness (QED) is 0.445. The molecule has 0 aliphatic carbocycles. The molecule has 0 amide bonds. The van der Waals surface area contributed by atoms with Crippen LogP contribution in [0.1, 0.15) is 31.4 Å². The molecule has 0 saturated heterocycles. The molecule has 0 bridgehead atoms. The number of rotatable bonds is 7. The zero-order valence-corrected chi connectivity index (χ0v) is 13.9. The van der Waals surface area contributed by atoms with E-state index in [1.54, 1.807) is 13.8 Å². The predicted octanol–water partition coefficient (Wildman–Crippen LogP) is 3.43. The monoisotopic (exact) mass is 323 g/mol. The normalized spacial score (nSPS) is 11.4. The molecule has 4 heteroatoms. The van der Waals surface area contributed by atoms with E-state index in [1.165, 1.54) is 0 Å². The highest BCUT2D eigenvalue weighted by atomic mass is 16.5. The third-order valence-electron chi connectivity index (χ3n) is 3.52. The average molecular weight is 323 g/mol. The smallest absolute Gasteiger partial charge is 0.338 e. The van der Waals surface area contributed by atoms with Gasteiger partial charge in [-0.15, -0.1) is 0 Å². The van der Waals surface area contributed by atoms with Crippen molar-refractivity contribution in [1.29, 1.82) is 0 Å². The molecule has 1 unspecified atom stereocenters. The number of nitrogens with zero attached hydrogens (tertiary/aromatic N) is 1.